The highest BCUT2D eigenvalue weighted by atomic mass is 35.5. The van der Waals surface area contributed by atoms with Gasteiger partial charge < -0.3 is 20.9 Å². The number of carbonyl (C=O) groups is 1. The zero-order chi connectivity index (χ0) is 21.8. The van der Waals surface area contributed by atoms with Crippen LogP contribution in [0.2, 0.25) is 10.0 Å². The molecule has 0 fully saturated rings. The Bertz CT molecular complexity index is 987. The Kier molecular flexibility index (Phi) is 7.23. The van der Waals surface area contributed by atoms with Gasteiger partial charge in [0.15, 0.2) is 5.11 Å². The van der Waals surface area contributed by atoms with E-state index in [2.05, 4.69) is 46.8 Å². The Morgan fingerprint density at radius 1 is 1.13 bits per heavy atom. The fraction of sp³-hybridized carbons (Fsp3) is 0.273. The largest absolute Gasteiger partial charge is 0.372 e. The van der Waals surface area contributed by atoms with Crippen LogP contribution in [0.1, 0.15) is 32.4 Å². The number of benzene rings is 2. The van der Waals surface area contributed by atoms with Gasteiger partial charge in [-0.25, -0.2) is 0 Å². The summed E-state index contributed by atoms with van der Waals surface area (Å²) in [6.07, 6.45) is 0. The normalized spacial score (nSPS) is 16.0. The molecule has 0 saturated heterocycles. The van der Waals surface area contributed by atoms with E-state index in [9.17, 15) is 4.79 Å². The smallest absolute Gasteiger partial charge is 0.255 e. The Morgan fingerprint density at radius 3 is 2.43 bits per heavy atom. The van der Waals surface area contributed by atoms with Crippen molar-refractivity contribution in [2.24, 2.45) is 0 Å². The maximum atomic E-state index is 13.2. The second kappa shape index (κ2) is 9.69. The zero-order valence-corrected chi connectivity index (χ0v) is 19.4. The Balaban J connectivity index is 1.92. The van der Waals surface area contributed by atoms with Gasteiger partial charge in [0.05, 0.1) is 22.3 Å². The monoisotopic (exact) mass is 462 g/mol. The number of nitrogens with one attached hydrogen (secondary N) is 3. The minimum absolute atomic E-state index is 0.281. The van der Waals surface area contributed by atoms with E-state index in [1.165, 1.54) is 0 Å². The Hall–Kier alpha value is -2.28. The number of rotatable bonds is 6. The van der Waals surface area contributed by atoms with Gasteiger partial charge in [0.2, 0.25) is 0 Å². The van der Waals surface area contributed by atoms with E-state index in [0.29, 0.717) is 32.1 Å². The van der Waals surface area contributed by atoms with E-state index in [1.807, 2.05) is 19.1 Å². The summed E-state index contributed by atoms with van der Waals surface area (Å²) in [6, 6.07) is 12.7. The molecule has 1 aliphatic heterocycles. The molecule has 0 aromatic heterocycles. The lowest BCUT2D eigenvalue weighted by atomic mass is 9.94. The maximum Gasteiger partial charge on any atom is 0.255 e. The lowest BCUT2D eigenvalue weighted by molar-refractivity contribution is -0.113. The molecular weight excluding hydrogens is 439 g/mol. The zero-order valence-electron chi connectivity index (χ0n) is 17.1. The summed E-state index contributed by atoms with van der Waals surface area (Å²) in [6.45, 7) is 7.94. The molecule has 0 radical (unpaired) electrons. The number of hydrogen-bond donors (Lipinski definition) is 3. The van der Waals surface area contributed by atoms with E-state index in [1.54, 1.807) is 18.2 Å². The van der Waals surface area contributed by atoms with Crippen molar-refractivity contribution in [2.75, 3.05) is 23.3 Å². The fourth-order valence-electron chi connectivity index (χ4n) is 3.49. The summed E-state index contributed by atoms with van der Waals surface area (Å²) in [5.74, 6) is -0.281. The highest BCUT2D eigenvalue weighted by molar-refractivity contribution is 7.80. The number of thiocarbonyl (C=S) groups is 1. The van der Waals surface area contributed by atoms with E-state index in [-0.39, 0.29) is 11.9 Å². The number of amides is 1. The van der Waals surface area contributed by atoms with E-state index >= 15 is 0 Å². The van der Waals surface area contributed by atoms with Crippen molar-refractivity contribution in [1.82, 2.24) is 10.6 Å². The standard InChI is InChI=1S/C22H24Cl2N4OS/c1-4-28(5-2)16-9-6-14(7-10-16)20-19(13(3)25-22(30)27-20)21(29)26-18-12-15(23)8-11-17(18)24/h6-12,20H,4-5H2,1-3H3,(H,26,29)(H2,25,27,30). The Labute approximate surface area is 192 Å². The predicted molar refractivity (Wildman–Crippen MR) is 129 cm³/mol. The molecule has 1 atom stereocenters. The van der Waals surface area contributed by atoms with Crippen molar-refractivity contribution in [2.45, 2.75) is 26.8 Å². The summed E-state index contributed by atoms with van der Waals surface area (Å²) in [4.78, 5) is 15.5. The van der Waals surface area contributed by atoms with Gasteiger partial charge in [0.25, 0.3) is 5.91 Å². The summed E-state index contributed by atoms with van der Waals surface area (Å²) in [7, 11) is 0. The van der Waals surface area contributed by atoms with Crippen molar-refractivity contribution in [3.63, 3.8) is 0 Å². The highest BCUT2D eigenvalue weighted by Gasteiger charge is 2.30. The molecule has 2 aromatic rings. The molecule has 0 aliphatic carbocycles. The van der Waals surface area contributed by atoms with Crippen molar-refractivity contribution < 1.29 is 4.79 Å². The number of halogens is 2. The van der Waals surface area contributed by atoms with Crippen LogP contribution in [0.25, 0.3) is 0 Å². The molecule has 1 amide bonds. The quantitative estimate of drug-likeness (QED) is 0.510. The second-order valence-corrected chi connectivity index (χ2v) is 8.16. The SMILES string of the molecule is CCN(CC)c1ccc(C2NC(=S)NC(C)=C2C(=O)Nc2cc(Cl)ccc2Cl)cc1. The molecule has 1 unspecified atom stereocenters. The predicted octanol–water partition coefficient (Wildman–Crippen LogP) is 5.27. The lowest BCUT2D eigenvalue weighted by Gasteiger charge is -2.31. The van der Waals surface area contributed by atoms with Crippen molar-refractivity contribution in [1.29, 1.82) is 0 Å². The number of hydrogen-bond acceptors (Lipinski definition) is 3. The van der Waals surface area contributed by atoms with Gasteiger partial charge in [-0.05, 0) is 68.9 Å². The van der Waals surface area contributed by atoms with Gasteiger partial charge in [0, 0.05) is 29.5 Å². The van der Waals surface area contributed by atoms with E-state index in [4.69, 9.17) is 35.4 Å². The molecule has 5 nitrogen and oxygen atoms in total. The van der Waals surface area contributed by atoms with Crippen molar-refractivity contribution in [3.05, 3.63) is 69.3 Å². The molecule has 1 heterocycles. The first kappa shape index (κ1) is 22.4. The van der Waals surface area contributed by atoms with Crippen LogP contribution in [0.4, 0.5) is 11.4 Å². The first-order valence-electron chi connectivity index (χ1n) is 9.73. The molecule has 0 bridgehead atoms. The van der Waals surface area contributed by atoms with Crippen LogP contribution < -0.4 is 20.9 Å². The number of nitrogens with zero attached hydrogens (tertiary/aromatic N) is 1. The van der Waals surface area contributed by atoms with Crippen LogP contribution in [-0.4, -0.2) is 24.1 Å². The second-order valence-electron chi connectivity index (χ2n) is 6.91. The average Bonchev–Trinajstić information content (AvgIpc) is 2.71. The molecule has 0 spiro atoms. The van der Waals surface area contributed by atoms with Gasteiger partial charge in [-0.3, -0.25) is 4.79 Å². The van der Waals surface area contributed by atoms with Crippen molar-refractivity contribution >= 4 is 57.8 Å². The van der Waals surface area contributed by atoms with Crippen LogP contribution in [0.15, 0.2) is 53.7 Å². The summed E-state index contributed by atoms with van der Waals surface area (Å²) >= 11 is 17.6. The van der Waals surface area contributed by atoms with E-state index in [0.717, 1.165) is 24.3 Å². The van der Waals surface area contributed by atoms with Crippen LogP contribution in [0.3, 0.4) is 0 Å². The van der Waals surface area contributed by atoms with Crippen LogP contribution in [0.5, 0.6) is 0 Å². The molecule has 3 N–H and O–H groups in total. The summed E-state index contributed by atoms with van der Waals surface area (Å²) < 4.78 is 0. The molecule has 8 heteroatoms. The van der Waals surface area contributed by atoms with Crippen LogP contribution in [0, 0.1) is 0 Å². The molecule has 158 valence electrons. The minimum atomic E-state index is -0.387. The van der Waals surface area contributed by atoms with Crippen molar-refractivity contribution in [3.8, 4) is 0 Å². The molecule has 3 rings (SSSR count). The fourth-order valence-corrected chi connectivity index (χ4v) is 4.10. The number of allylic oxidation sites excluding steroid dienone is 1. The third kappa shape index (κ3) is 4.89. The van der Waals surface area contributed by atoms with Gasteiger partial charge in [-0.2, -0.15) is 0 Å². The molecule has 0 saturated carbocycles. The molecule has 2 aromatic carbocycles. The molecule has 1 aliphatic rings. The molecular formula is C22H24Cl2N4OS. The van der Waals surface area contributed by atoms with Gasteiger partial charge in [-0.1, -0.05) is 35.3 Å². The first-order chi connectivity index (χ1) is 14.3. The maximum absolute atomic E-state index is 13.2. The minimum Gasteiger partial charge on any atom is -0.372 e. The highest BCUT2D eigenvalue weighted by Crippen LogP contribution is 2.31. The van der Waals surface area contributed by atoms with E-state index < -0.39 is 0 Å². The summed E-state index contributed by atoms with van der Waals surface area (Å²) in [5, 5.41) is 10.5. The molecule has 30 heavy (non-hydrogen) atoms. The van der Waals surface area contributed by atoms with Crippen LogP contribution >= 0.6 is 35.4 Å². The third-order valence-corrected chi connectivity index (χ3v) is 5.83. The Morgan fingerprint density at radius 2 is 1.80 bits per heavy atom. The van der Waals surface area contributed by atoms with Gasteiger partial charge >= 0.3 is 0 Å². The summed E-state index contributed by atoms with van der Waals surface area (Å²) in [5.41, 5.74) is 3.76. The van der Waals surface area contributed by atoms with Gasteiger partial charge in [-0.15, -0.1) is 0 Å². The number of carbonyl (C=O) groups excluding carboxylic acids is 1. The topological polar surface area (TPSA) is 56.4 Å². The average molecular weight is 463 g/mol. The first-order valence-corrected chi connectivity index (χ1v) is 10.9. The lowest BCUT2D eigenvalue weighted by Crippen LogP contribution is -2.45. The number of anilines is 2. The third-order valence-electron chi connectivity index (χ3n) is 5.05. The van der Waals surface area contributed by atoms with Gasteiger partial charge in [0.1, 0.15) is 0 Å². The van der Waals surface area contributed by atoms with Crippen LogP contribution in [-0.2, 0) is 4.79 Å².